The van der Waals surface area contributed by atoms with Crippen LogP contribution in [0.5, 0.6) is 5.75 Å². The fourth-order valence-electron chi connectivity index (χ4n) is 4.21. The second kappa shape index (κ2) is 8.28. The Morgan fingerprint density at radius 2 is 0.971 bits per heavy atom. The van der Waals surface area contributed by atoms with Crippen molar-refractivity contribution in [3.63, 3.8) is 0 Å². The minimum absolute atomic E-state index is 0.0318. The van der Waals surface area contributed by atoms with Crippen LogP contribution in [0.1, 0.15) is 63.8 Å². The smallest absolute Gasteiger partial charge is 0.266 e. The molecule has 0 spiro atoms. The van der Waals surface area contributed by atoms with Gasteiger partial charge in [0.2, 0.25) is 0 Å². The van der Waals surface area contributed by atoms with Gasteiger partial charge in [-0.15, -0.1) is 0 Å². The number of para-hydroxylation sites is 2. The molecule has 0 atom stereocenters. The minimum Gasteiger partial charge on any atom is -0.506 e. The number of imide groups is 1. The lowest BCUT2D eigenvalue weighted by atomic mass is 9.85. The summed E-state index contributed by atoms with van der Waals surface area (Å²) in [5, 5.41) is 10.4. The number of carbonyl (C=O) groups is 2. The molecule has 4 rings (SSSR count). The summed E-state index contributed by atoms with van der Waals surface area (Å²) in [6, 6.07) is 22.0. The van der Waals surface area contributed by atoms with Gasteiger partial charge in [-0.25, -0.2) is 4.90 Å². The molecule has 4 nitrogen and oxygen atoms in total. The van der Waals surface area contributed by atoms with Crippen LogP contribution in [0.4, 0.5) is 5.69 Å². The van der Waals surface area contributed by atoms with E-state index in [4.69, 9.17) is 0 Å². The molecule has 0 unspecified atom stereocenters. The third-order valence-electron chi connectivity index (χ3n) is 6.29. The van der Waals surface area contributed by atoms with E-state index in [0.717, 1.165) is 16.0 Å². The Balaban J connectivity index is 1.89. The van der Waals surface area contributed by atoms with E-state index in [1.54, 1.807) is 18.2 Å². The second-order valence-corrected chi connectivity index (χ2v) is 10.8. The maximum Gasteiger partial charge on any atom is 0.266 e. The molecule has 0 radical (unpaired) electrons. The average molecular weight is 454 g/mol. The molecular weight excluding hydrogens is 422 g/mol. The van der Waals surface area contributed by atoms with Gasteiger partial charge in [-0.2, -0.15) is 0 Å². The Labute approximate surface area is 201 Å². The molecule has 3 aromatic rings. The van der Waals surface area contributed by atoms with Crippen LogP contribution < -0.4 is 4.90 Å². The van der Waals surface area contributed by atoms with Crippen molar-refractivity contribution in [1.82, 2.24) is 0 Å². The molecule has 0 saturated heterocycles. The Bertz CT molecular complexity index is 1210. The van der Waals surface area contributed by atoms with Crippen molar-refractivity contribution in [1.29, 1.82) is 0 Å². The van der Waals surface area contributed by atoms with E-state index in [1.807, 2.05) is 48.5 Å². The Hall–Kier alpha value is -3.66. The number of phenols is 1. The highest BCUT2D eigenvalue weighted by molar-refractivity contribution is 6.57. The van der Waals surface area contributed by atoms with Crippen LogP contribution in [0.25, 0.3) is 11.1 Å². The summed E-state index contributed by atoms with van der Waals surface area (Å²) in [7, 11) is 0. The molecule has 0 aliphatic carbocycles. The van der Waals surface area contributed by atoms with E-state index in [0.29, 0.717) is 22.3 Å². The normalized spacial score (nSPS) is 14.8. The van der Waals surface area contributed by atoms with Crippen molar-refractivity contribution in [2.45, 2.75) is 52.4 Å². The largest absolute Gasteiger partial charge is 0.506 e. The van der Waals surface area contributed by atoms with Gasteiger partial charge in [0.05, 0.1) is 16.8 Å². The predicted molar refractivity (Wildman–Crippen MR) is 138 cm³/mol. The van der Waals surface area contributed by atoms with Gasteiger partial charge >= 0.3 is 0 Å². The number of phenolic OH excluding ortho intramolecular Hbond substituents is 1. The van der Waals surface area contributed by atoms with Crippen molar-refractivity contribution >= 4 is 28.6 Å². The summed E-state index contributed by atoms with van der Waals surface area (Å²) in [4.78, 5) is 28.5. The molecule has 0 fully saturated rings. The molecule has 1 heterocycles. The molecule has 0 bridgehead atoms. The van der Waals surface area contributed by atoms with Gasteiger partial charge in [0.15, 0.2) is 0 Å². The number of nitrogens with zero attached hydrogens (tertiary/aromatic N) is 1. The van der Waals surface area contributed by atoms with Crippen LogP contribution >= 0.6 is 0 Å². The van der Waals surface area contributed by atoms with Gasteiger partial charge in [-0.3, -0.25) is 9.59 Å². The molecule has 1 aliphatic heterocycles. The summed E-state index contributed by atoms with van der Waals surface area (Å²) >= 11 is 0. The summed E-state index contributed by atoms with van der Waals surface area (Å²) in [5.74, 6) is -0.995. The van der Waals surface area contributed by atoms with Crippen molar-refractivity contribution in [3.05, 3.63) is 95.1 Å². The summed E-state index contributed by atoms with van der Waals surface area (Å²) in [5.41, 5.74) is 4.45. The highest BCUT2D eigenvalue weighted by Crippen LogP contribution is 2.41. The first-order valence-corrected chi connectivity index (χ1v) is 11.5. The van der Waals surface area contributed by atoms with Crippen LogP contribution in [0, 0.1) is 0 Å². The molecule has 34 heavy (non-hydrogen) atoms. The monoisotopic (exact) mass is 453 g/mol. The zero-order valence-corrected chi connectivity index (χ0v) is 20.6. The fraction of sp³-hybridized carbons (Fsp3) is 0.267. The molecule has 0 aromatic heterocycles. The van der Waals surface area contributed by atoms with E-state index in [1.165, 1.54) is 6.07 Å². The first-order valence-electron chi connectivity index (χ1n) is 11.5. The highest BCUT2D eigenvalue weighted by Gasteiger charge is 2.41. The third-order valence-corrected chi connectivity index (χ3v) is 6.29. The number of amides is 2. The van der Waals surface area contributed by atoms with Crippen molar-refractivity contribution in [3.8, 4) is 5.75 Å². The van der Waals surface area contributed by atoms with Gasteiger partial charge in [-0.1, -0.05) is 102 Å². The first-order chi connectivity index (χ1) is 15.9. The van der Waals surface area contributed by atoms with Crippen LogP contribution in [-0.2, 0) is 20.4 Å². The summed E-state index contributed by atoms with van der Waals surface area (Å²) < 4.78 is 0. The number of anilines is 1. The molecule has 4 heteroatoms. The number of hydrogen-bond acceptors (Lipinski definition) is 3. The van der Waals surface area contributed by atoms with Crippen LogP contribution in [0.3, 0.4) is 0 Å². The van der Waals surface area contributed by atoms with E-state index < -0.39 is 11.8 Å². The number of carbonyl (C=O) groups excluding carboxylic acids is 2. The van der Waals surface area contributed by atoms with E-state index >= 15 is 0 Å². The highest BCUT2D eigenvalue weighted by atomic mass is 16.3. The second-order valence-electron chi connectivity index (χ2n) is 10.8. The maximum absolute atomic E-state index is 13.7. The molecule has 174 valence electrons. The van der Waals surface area contributed by atoms with E-state index in [-0.39, 0.29) is 22.3 Å². The van der Waals surface area contributed by atoms with Crippen LogP contribution in [0.15, 0.2) is 72.8 Å². The third kappa shape index (κ3) is 4.16. The van der Waals surface area contributed by atoms with Crippen molar-refractivity contribution < 1.29 is 14.7 Å². The minimum atomic E-state index is -0.440. The lowest BCUT2D eigenvalue weighted by Crippen LogP contribution is -2.31. The molecular formula is C30H31NO3. The standard InChI is InChI=1S/C30H31NO3/c1-29(2,3)21-15-11-19(12-16-21)25-26(20-13-17-22(18-14-20)30(4,5)6)28(34)31(27(25)33)23-9-7-8-10-24(23)32/h7-18,32H,1-6H3. The SMILES string of the molecule is CC(C)(C)c1ccc(C2=C(c3ccc(C(C)(C)C)cc3)C(=O)N(c3ccccc3O)C2=O)cc1. The molecule has 2 amide bonds. The fourth-order valence-corrected chi connectivity index (χ4v) is 4.21. The first kappa shape index (κ1) is 23.5. The van der Waals surface area contributed by atoms with E-state index in [9.17, 15) is 14.7 Å². The van der Waals surface area contributed by atoms with Gasteiger partial charge in [0, 0.05) is 0 Å². The predicted octanol–water partition coefficient (Wildman–Crippen LogP) is 6.47. The zero-order valence-electron chi connectivity index (χ0n) is 20.6. The van der Waals surface area contributed by atoms with E-state index in [2.05, 4.69) is 41.5 Å². The molecule has 1 N–H and O–H groups in total. The van der Waals surface area contributed by atoms with Crippen molar-refractivity contribution in [2.75, 3.05) is 4.90 Å². The number of rotatable bonds is 3. The van der Waals surface area contributed by atoms with Gasteiger partial charge < -0.3 is 5.11 Å². The molecule has 0 saturated carbocycles. The topological polar surface area (TPSA) is 57.6 Å². The lowest BCUT2D eigenvalue weighted by molar-refractivity contribution is -0.119. The maximum atomic E-state index is 13.7. The van der Waals surface area contributed by atoms with Crippen molar-refractivity contribution in [2.24, 2.45) is 0 Å². The number of aromatic hydroxyl groups is 1. The van der Waals surface area contributed by atoms with Gasteiger partial charge in [0.25, 0.3) is 11.8 Å². The summed E-state index contributed by atoms with van der Waals surface area (Å²) in [6.07, 6.45) is 0. The number of hydrogen-bond donors (Lipinski definition) is 1. The average Bonchev–Trinajstić information content (AvgIpc) is 3.03. The summed E-state index contributed by atoms with van der Waals surface area (Å²) in [6.45, 7) is 12.8. The quantitative estimate of drug-likeness (QED) is 0.462. The Morgan fingerprint density at radius 3 is 1.32 bits per heavy atom. The zero-order chi connectivity index (χ0) is 24.8. The van der Waals surface area contributed by atoms with Crippen LogP contribution in [-0.4, -0.2) is 16.9 Å². The molecule has 3 aromatic carbocycles. The molecule has 1 aliphatic rings. The van der Waals surface area contributed by atoms with Crippen LogP contribution in [0.2, 0.25) is 0 Å². The Kier molecular flexibility index (Phi) is 5.72. The Morgan fingerprint density at radius 1 is 0.588 bits per heavy atom. The lowest BCUT2D eigenvalue weighted by Gasteiger charge is -2.19. The van der Waals surface area contributed by atoms with Gasteiger partial charge in [-0.05, 0) is 45.2 Å². The van der Waals surface area contributed by atoms with Gasteiger partial charge in [0.1, 0.15) is 5.75 Å². The number of benzene rings is 3.